The summed E-state index contributed by atoms with van der Waals surface area (Å²) in [6.07, 6.45) is 0.116. The van der Waals surface area contributed by atoms with Gasteiger partial charge in [0.25, 0.3) is 0 Å². The molecule has 0 radical (unpaired) electrons. The molecule has 0 amide bonds. The van der Waals surface area contributed by atoms with Crippen LogP contribution in [0, 0.1) is 6.92 Å². The van der Waals surface area contributed by atoms with Gasteiger partial charge in [-0.25, -0.2) is 0 Å². The van der Waals surface area contributed by atoms with E-state index in [4.69, 9.17) is 5.73 Å². The summed E-state index contributed by atoms with van der Waals surface area (Å²) >= 11 is 0. The first-order chi connectivity index (χ1) is 7.09. The number of hydrogen-bond acceptors (Lipinski definition) is 4. The van der Waals surface area contributed by atoms with Gasteiger partial charge in [0.2, 0.25) is 5.96 Å². The van der Waals surface area contributed by atoms with E-state index in [1.54, 1.807) is 0 Å². The predicted octanol–water partition coefficient (Wildman–Crippen LogP) is 1.10. The molecule has 0 aromatic heterocycles. The van der Waals surface area contributed by atoms with Crippen molar-refractivity contribution >= 4 is 5.96 Å². The van der Waals surface area contributed by atoms with Crippen molar-refractivity contribution in [2.45, 2.75) is 13.1 Å². The summed E-state index contributed by atoms with van der Waals surface area (Å²) in [7, 11) is 3.88. The lowest BCUT2D eigenvalue weighted by atomic mass is 10.1. The Morgan fingerprint density at radius 2 is 1.80 bits per heavy atom. The average Bonchev–Trinajstić information content (AvgIpc) is 2.44. The van der Waals surface area contributed by atoms with Gasteiger partial charge in [0, 0.05) is 14.1 Å². The summed E-state index contributed by atoms with van der Waals surface area (Å²) in [6.45, 7) is 2.08. The van der Waals surface area contributed by atoms with Crippen molar-refractivity contribution in [3.05, 3.63) is 35.4 Å². The molecule has 4 heteroatoms. The molecule has 0 saturated carbocycles. The summed E-state index contributed by atoms with van der Waals surface area (Å²) < 4.78 is 0. The largest absolute Gasteiger partial charge is 0.368 e. The number of hydrazone groups is 1. The van der Waals surface area contributed by atoms with Gasteiger partial charge < -0.3 is 10.6 Å². The average molecular weight is 204 g/mol. The third-order valence-electron chi connectivity index (χ3n) is 2.72. The van der Waals surface area contributed by atoms with E-state index >= 15 is 0 Å². The maximum Gasteiger partial charge on any atom is 0.215 e. The molecule has 0 aliphatic carbocycles. The van der Waals surface area contributed by atoms with E-state index in [2.05, 4.69) is 36.3 Å². The van der Waals surface area contributed by atoms with Crippen molar-refractivity contribution in [1.29, 1.82) is 0 Å². The Hall–Kier alpha value is -1.71. The van der Waals surface area contributed by atoms with Crippen molar-refractivity contribution < 1.29 is 0 Å². The van der Waals surface area contributed by atoms with Crippen LogP contribution >= 0.6 is 0 Å². The van der Waals surface area contributed by atoms with Gasteiger partial charge >= 0.3 is 0 Å². The molecule has 0 spiro atoms. The minimum atomic E-state index is 0.116. The summed E-state index contributed by atoms with van der Waals surface area (Å²) in [5.74, 6) is 0.558. The molecule has 2 rings (SSSR count). The van der Waals surface area contributed by atoms with Gasteiger partial charge in [0.15, 0.2) is 0 Å². The Balaban J connectivity index is 2.29. The van der Waals surface area contributed by atoms with E-state index in [1.165, 1.54) is 11.1 Å². The van der Waals surface area contributed by atoms with Crippen molar-refractivity contribution in [2.24, 2.45) is 10.8 Å². The fraction of sp³-hybridized carbons (Fsp3) is 0.364. The van der Waals surface area contributed by atoms with Gasteiger partial charge in [-0.1, -0.05) is 29.8 Å². The lowest BCUT2D eigenvalue weighted by Gasteiger charge is -2.26. The zero-order valence-electron chi connectivity index (χ0n) is 9.31. The number of nitrogens with two attached hydrogens (primary N) is 1. The molecule has 80 valence electrons. The standard InChI is InChI=1S/C11H16N4/c1-8-4-6-9(7-5-8)10-14(2)11(12)13-15(10)3/h4-7,10H,1-3H3,(H2,12,13). The lowest BCUT2D eigenvalue weighted by molar-refractivity contribution is 0.182. The van der Waals surface area contributed by atoms with E-state index in [1.807, 2.05) is 24.0 Å². The minimum absolute atomic E-state index is 0.116. The molecule has 1 aliphatic rings. The summed E-state index contributed by atoms with van der Waals surface area (Å²) in [5.41, 5.74) is 8.22. The quantitative estimate of drug-likeness (QED) is 0.745. The molecule has 0 saturated heterocycles. The molecule has 0 bridgehead atoms. The number of aryl methyl sites for hydroxylation is 1. The van der Waals surface area contributed by atoms with Crippen LogP contribution in [0.4, 0.5) is 0 Å². The van der Waals surface area contributed by atoms with E-state index < -0.39 is 0 Å². The smallest absolute Gasteiger partial charge is 0.215 e. The van der Waals surface area contributed by atoms with Gasteiger partial charge in [-0.15, -0.1) is 5.10 Å². The molecular weight excluding hydrogens is 188 g/mol. The van der Waals surface area contributed by atoms with Crippen LogP contribution in [0.15, 0.2) is 29.4 Å². The molecule has 4 nitrogen and oxygen atoms in total. The molecule has 1 heterocycles. The molecular formula is C11H16N4. The second kappa shape index (κ2) is 3.46. The van der Waals surface area contributed by atoms with E-state index in [0.29, 0.717) is 5.96 Å². The van der Waals surface area contributed by atoms with E-state index in [0.717, 1.165) is 0 Å². The fourth-order valence-corrected chi connectivity index (χ4v) is 1.84. The second-order valence-corrected chi connectivity index (χ2v) is 3.93. The van der Waals surface area contributed by atoms with Crippen LogP contribution in [0.1, 0.15) is 17.3 Å². The van der Waals surface area contributed by atoms with Crippen molar-refractivity contribution in [1.82, 2.24) is 9.91 Å². The third-order valence-corrected chi connectivity index (χ3v) is 2.72. The van der Waals surface area contributed by atoms with Crippen LogP contribution in [-0.4, -0.2) is 30.0 Å². The molecule has 0 fully saturated rings. The molecule has 1 atom stereocenters. The Morgan fingerprint density at radius 1 is 1.20 bits per heavy atom. The van der Waals surface area contributed by atoms with Crippen LogP contribution in [0.25, 0.3) is 0 Å². The van der Waals surface area contributed by atoms with Crippen LogP contribution in [0.3, 0.4) is 0 Å². The maximum atomic E-state index is 5.76. The Kier molecular flexibility index (Phi) is 2.26. The summed E-state index contributed by atoms with van der Waals surface area (Å²) in [4.78, 5) is 1.96. The van der Waals surface area contributed by atoms with Crippen molar-refractivity contribution in [2.75, 3.05) is 14.1 Å². The van der Waals surface area contributed by atoms with Crippen LogP contribution < -0.4 is 5.73 Å². The highest BCUT2D eigenvalue weighted by molar-refractivity contribution is 5.79. The Bertz CT molecular complexity index is 382. The highest BCUT2D eigenvalue weighted by Gasteiger charge is 2.28. The fourth-order valence-electron chi connectivity index (χ4n) is 1.84. The molecule has 15 heavy (non-hydrogen) atoms. The molecule has 1 aromatic rings. The summed E-state index contributed by atoms with van der Waals surface area (Å²) in [5, 5.41) is 6.08. The highest BCUT2D eigenvalue weighted by Crippen LogP contribution is 2.26. The highest BCUT2D eigenvalue weighted by atomic mass is 15.6. The first-order valence-corrected chi connectivity index (χ1v) is 4.96. The monoisotopic (exact) mass is 204 g/mol. The SMILES string of the molecule is Cc1ccc(C2N(C)N=C(N)N2C)cc1. The number of rotatable bonds is 1. The maximum absolute atomic E-state index is 5.76. The topological polar surface area (TPSA) is 44.9 Å². The summed E-state index contributed by atoms with van der Waals surface area (Å²) in [6, 6.07) is 8.43. The lowest BCUT2D eigenvalue weighted by Crippen LogP contribution is -2.34. The third kappa shape index (κ3) is 1.63. The van der Waals surface area contributed by atoms with Gasteiger partial charge in [0.05, 0.1) is 0 Å². The number of hydrogen-bond donors (Lipinski definition) is 1. The zero-order chi connectivity index (χ0) is 11.0. The van der Waals surface area contributed by atoms with Gasteiger partial charge in [-0.05, 0) is 12.5 Å². The first kappa shape index (κ1) is 9.83. The minimum Gasteiger partial charge on any atom is -0.368 e. The predicted molar refractivity (Wildman–Crippen MR) is 61.1 cm³/mol. The zero-order valence-corrected chi connectivity index (χ0v) is 9.31. The number of guanidine groups is 1. The normalized spacial score (nSPS) is 20.7. The number of nitrogens with zero attached hydrogens (tertiary/aromatic N) is 3. The van der Waals surface area contributed by atoms with Gasteiger partial charge in [0.1, 0.15) is 6.17 Å². The second-order valence-electron chi connectivity index (χ2n) is 3.93. The van der Waals surface area contributed by atoms with Gasteiger partial charge in [-0.2, -0.15) is 0 Å². The van der Waals surface area contributed by atoms with Crippen LogP contribution in [0.5, 0.6) is 0 Å². The first-order valence-electron chi connectivity index (χ1n) is 4.96. The molecule has 1 unspecified atom stereocenters. The molecule has 2 N–H and O–H groups in total. The van der Waals surface area contributed by atoms with Crippen LogP contribution in [0.2, 0.25) is 0 Å². The van der Waals surface area contributed by atoms with E-state index in [-0.39, 0.29) is 6.17 Å². The van der Waals surface area contributed by atoms with Crippen molar-refractivity contribution in [3.63, 3.8) is 0 Å². The Morgan fingerprint density at radius 3 is 2.27 bits per heavy atom. The van der Waals surface area contributed by atoms with Gasteiger partial charge in [-0.3, -0.25) is 5.01 Å². The van der Waals surface area contributed by atoms with E-state index in [9.17, 15) is 0 Å². The molecule has 1 aliphatic heterocycles. The number of benzene rings is 1. The van der Waals surface area contributed by atoms with Crippen LogP contribution in [-0.2, 0) is 0 Å². The Labute approximate surface area is 90.0 Å². The van der Waals surface area contributed by atoms with Crippen molar-refractivity contribution in [3.8, 4) is 0 Å². The molecule has 1 aromatic carbocycles.